The Balaban J connectivity index is 0.932. The van der Waals surface area contributed by atoms with Gasteiger partial charge in [-0.25, -0.2) is 0 Å². The van der Waals surface area contributed by atoms with Crippen LogP contribution in [0.3, 0.4) is 0 Å². The van der Waals surface area contributed by atoms with E-state index >= 15 is 0 Å². The molecule has 0 aliphatic heterocycles. The Morgan fingerprint density at radius 3 is 1.04 bits per heavy atom. The normalized spacial score (nSPS) is 12.0. The fourth-order valence-electron chi connectivity index (χ4n) is 11.0. The largest absolute Gasteiger partial charge is 0.457 e. The first-order chi connectivity index (χ1) is 33.0. The van der Waals surface area contributed by atoms with Gasteiger partial charge >= 0.3 is 0 Å². The lowest BCUT2D eigenvalue weighted by Gasteiger charge is -2.11. The summed E-state index contributed by atoms with van der Waals surface area (Å²) in [6.07, 6.45) is 0. The van der Waals surface area contributed by atoms with Crippen LogP contribution in [0.4, 0.5) is 0 Å². The molecule has 0 aliphatic carbocycles. The minimum absolute atomic E-state index is 0.788. The molecule has 0 N–H and O–H groups in total. The Labute approximate surface area is 386 Å². The number of ether oxygens (including phenoxy) is 1. The summed E-state index contributed by atoms with van der Waals surface area (Å²) in [6, 6.07) is 79.2. The molecule has 10 aromatic carbocycles. The third kappa shape index (κ3) is 5.68. The van der Waals surface area contributed by atoms with Crippen LogP contribution in [0, 0.1) is 0 Å². The molecule has 14 rings (SSSR count). The van der Waals surface area contributed by atoms with Gasteiger partial charge in [0.05, 0.1) is 22.1 Å². The van der Waals surface area contributed by atoms with E-state index in [4.69, 9.17) is 4.74 Å². The third-order valence-electron chi connectivity index (χ3n) is 14.2. The molecule has 14 aromatic rings. The van der Waals surface area contributed by atoms with Crippen LogP contribution in [0.2, 0.25) is 0 Å². The lowest BCUT2D eigenvalue weighted by molar-refractivity contribution is 0.484. The molecule has 0 fully saturated rings. The molecule has 5 heteroatoms. The fraction of sp³-hybridized carbons (Fsp3) is 0.0323. The highest BCUT2D eigenvalue weighted by Crippen LogP contribution is 2.42. The Morgan fingerprint density at radius 1 is 0.254 bits per heavy atom. The van der Waals surface area contributed by atoms with Crippen molar-refractivity contribution in [3.05, 3.63) is 218 Å². The van der Waals surface area contributed by atoms with Crippen molar-refractivity contribution in [1.82, 2.24) is 18.3 Å². The summed E-state index contributed by atoms with van der Waals surface area (Å²) < 4.78 is 16.3. The molecule has 5 nitrogen and oxygen atoms in total. The molecule has 0 radical (unpaired) electrons. The van der Waals surface area contributed by atoms with Gasteiger partial charge in [-0.15, -0.1) is 0 Å². The summed E-state index contributed by atoms with van der Waals surface area (Å²) in [5, 5.41) is 9.62. The Morgan fingerprint density at radius 2 is 0.597 bits per heavy atom. The minimum atomic E-state index is 0.788. The van der Waals surface area contributed by atoms with Gasteiger partial charge in [-0.2, -0.15) is 0 Å². The second-order valence-corrected chi connectivity index (χ2v) is 17.9. The van der Waals surface area contributed by atoms with E-state index in [9.17, 15) is 0 Å². The van der Waals surface area contributed by atoms with Gasteiger partial charge in [-0.05, 0) is 131 Å². The van der Waals surface area contributed by atoms with E-state index in [-0.39, 0.29) is 0 Å². The SMILES string of the molecule is Cn1c2ccccc2c2cc(-n3c4ccc(Oc5ccc6c(c5)c5cc(-c7ccccc7)ccc5n6-c5ccc6c(c5)c5ccccc5n6C)cc4c4cc(-c5ccccc5)ccc43)ccc21. The summed E-state index contributed by atoms with van der Waals surface area (Å²) in [5.41, 5.74) is 16.4. The monoisotopic (exact) mass is 858 g/mol. The molecular formula is C62H42N4O. The summed E-state index contributed by atoms with van der Waals surface area (Å²) in [7, 11) is 4.31. The average Bonchev–Trinajstić information content (AvgIpc) is 4.08. The van der Waals surface area contributed by atoms with Crippen LogP contribution in [0.15, 0.2) is 218 Å². The number of fused-ring (bicyclic) bond motifs is 12. The Hall–Kier alpha value is -8.80. The summed E-state index contributed by atoms with van der Waals surface area (Å²) in [4.78, 5) is 0. The maximum atomic E-state index is 6.95. The summed E-state index contributed by atoms with van der Waals surface area (Å²) in [6.45, 7) is 0. The minimum Gasteiger partial charge on any atom is -0.457 e. The lowest BCUT2D eigenvalue weighted by Crippen LogP contribution is -1.95. The van der Waals surface area contributed by atoms with Crippen LogP contribution < -0.4 is 4.74 Å². The van der Waals surface area contributed by atoms with E-state index in [1.165, 1.54) is 76.6 Å². The average molecular weight is 859 g/mol. The van der Waals surface area contributed by atoms with E-state index in [2.05, 4.69) is 251 Å². The molecule has 4 heterocycles. The topological polar surface area (TPSA) is 28.9 Å². The van der Waals surface area contributed by atoms with Gasteiger partial charge < -0.3 is 23.0 Å². The van der Waals surface area contributed by atoms with Crippen molar-refractivity contribution in [1.29, 1.82) is 0 Å². The second-order valence-electron chi connectivity index (χ2n) is 17.9. The summed E-state index contributed by atoms with van der Waals surface area (Å²) in [5.74, 6) is 1.58. The van der Waals surface area contributed by atoms with Crippen molar-refractivity contribution in [2.45, 2.75) is 0 Å². The molecule has 0 amide bonds. The highest BCUT2D eigenvalue weighted by atomic mass is 16.5. The fourth-order valence-corrected chi connectivity index (χ4v) is 11.0. The van der Waals surface area contributed by atoms with Crippen molar-refractivity contribution in [3.63, 3.8) is 0 Å². The quantitative estimate of drug-likeness (QED) is 0.164. The van der Waals surface area contributed by atoms with E-state index in [0.717, 1.165) is 55.7 Å². The van der Waals surface area contributed by atoms with Crippen LogP contribution in [-0.2, 0) is 14.1 Å². The number of rotatable bonds is 6. The number of hydrogen-bond acceptors (Lipinski definition) is 1. The molecule has 0 atom stereocenters. The maximum Gasteiger partial charge on any atom is 0.128 e. The molecule has 0 spiro atoms. The molecule has 0 aliphatic rings. The molecular weight excluding hydrogens is 817 g/mol. The van der Waals surface area contributed by atoms with Crippen LogP contribution in [0.25, 0.3) is 121 Å². The number of nitrogens with zero attached hydrogens (tertiary/aromatic N) is 4. The molecule has 316 valence electrons. The molecule has 0 saturated carbocycles. The molecule has 67 heavy (non-hydrogen) atoms. The molecule has 0 saturated heterocycles. The van der Waals surface area contributed by atoms with Crippen molar-refractivity contribution >= 4 is 87.2 Å². The second kappa shape index (κ2) is 14.4. The number of benzene rings is 10. The third-order valence-corrected chi connectivity index (χ3v) is 14.2. The Kier molecular flexibility index (Phi) is 8.05. The number of aromatic nitrogens is 4. The van der Waals surface area contributed by atoms with Crippen molar-refractivity contribution in [2.75, 3.05) is 0 Å². The van der Waals surface area contributed by atoms with E-state index in [1.54, 1.807) is 0 Å². The van der Waals surface area contributed by atoms with Gasteiger partial charge in [-0.1, -0.05) is 109 Å². The van der Waals surface area contributed by atoms with Crippen molar-refractivity contribution < 1.29 is 4.74 Å². The summed E-state index contributed by atoms with van der Waals surface area (Å²) >= 11 is 0. The van der Waals surface area contributed by atoms with Gasteiger partial charge in [0, 0.05) is 90.6 Å². The lowest BCUT2D eigenvalue weighted by atomic mass is 10.0. The van der Waals surface area contributed by atoms with Crippen LogP contribution in [-0.4, -0.2) is 18.3 Å². The van der Waals surface area contributed by atoms with E-state index in [0.29, 0.717) is 0 Å². The zero-order chi connectivity index (χ0) is 44.3. The van der Waals surface area contributed by atoms with Crippen LogP contribution in [0.5, 0.6) is 11.5 Å². The zero-order valence-electron chi connectivity index (χ0n) is 37.0. The van der Waals surface area contributed by atoms with E-state index < -0.39 is 0 Å². The number of hydrogen-bond donors (Lipinski definition) is 0. The van der Waals surface area contributed by atoms with Gasteiger partial charge in [0.15, 0.2) is 0 Å². The van der Waals surface area contributed by atoms with Gasteiger partial charge in [0.25, 0.3) is 0 Å². The molecule has 0 unspecified atom stereocenters. The first-order valence-corrected chi connectivity index (χ1v) is 22.9. The number of para-hydroxylation sites is 2. The smallest absolute Gasteiger partial charge is 0.128 e. The van der Waals surface area contributed by atoms with Crippen molar-refractivity contribution in [3.8, 4) is 45.1 Å². The van der Waals surface area contributed by atoms with Gasteiger partial charge in [-0.3, -0.25) is 0 Å². The number of aryl methyl sites for hydroxylation is 2. The van der Waals surface area contributed by atoms with Crippen molar-refractivity contribution in [2.24, 2.45) is 14.1 Å². The first-order valence-electron chi connectivity index (χ1n) is 22.9. The maximum absolute atomic E-state index is 6.95. The molecule has 4 aromatic heterocycles. The molecule has 0 bridgehead atoms. The zero-order valence-corrected chi connectivity index (χ0v) is 37.0. The predicted molar refractivity (Wildman–Crippen MR) is 280 cm³/mol. The van der Waals surface area contributed by atoms with Gasteiger partial charge in [0.1, 0.15) is 11.5 Å². The highest BCUT2D eigenvalue weighted by Gasteiger charge is 2.19. The van der Waals surface area contributed by atoms with Crippen LogP contribution in [0.1, 0.15) is 0 Å². The van der Waals surface area contributed by atoms with E-state index in [1.807, 2.05) is 0 Å². The van der Waals surface area contributed by atoms with Crippen LogP contribution >= 0.6 is 0 Å². The first kappa shape index (κ1) is 37.6. The predicted octanol–water partition coefficient (Wildman–Crippen LogP) is 16.3. The van der Waals surface area contributed by atoms with Gasteiger partial charge in [0.2, 0.25) is 0 Å². The highest BCUT2D eigenvalue weighted by molar-refractivity contribution is 6.14. The standard InChI is InChI=1S/C62H42N4O/c1-63-55-19-11-9-17-47(55)51-35-43(23-29-57(51)63)65-59-27-21-41(39-13-5-3-6-14-39)33-49(59)53-37-45(25-31-61(53)65)67-46-26-32-62-54(38-46)50-34-42(40-15-7-4-8-16-40)22-28-60(50)66(62)44-24-30-58-52(36-44)48-18-10-12-20-56(48)64(58)2/h3-38H,1-2H3. The Bertz CT molecular complexity index is 4040.